The number of halogens is 1. The largest absolute Gasteiger partial charge is 0.375 e. The number of aromatic nitrogens is 3. The summed E-state index contributed by atoms with van der Waals surface area (Å²) in [6.45, 7) is 0. The Labute approximate surface area is 111 Å². The third kappa shape index (κ3) is 2.07. The summed E-state index contributed by atoms with van der Waals surface area (Å²) in [4.78, 5) is 8.96. The van der Waals surface area contributed by atoms with Gasteiger partial charge in [-0.2, -0.15) is 4.98 Å². The Morgan fingerprint density at radius 2 is 2.22 bits per heavy atom. The standard InChI is InChI=1S/C11H7ClN4OS/c12-7-3-1-2-6(4-7)9-15-10(17-16-9)8-5-14-11(13)18-8/h1-5H,(H2,13,14). The van der Waals surface area contributed by atoms with E-state index < -0.39 is 0 Å². The smallest absolute Gasteiger partial charge is 0.270 e. The van der Waals surface area contributed by atoms with Gasteiger partial charge in [0.15, 0.2) is 5.13 Å². The van der Waals surface area contributed by atoms with E-state index >= 15 is 0 Å². The van der Waals surface area contributed by atoms with E-state index in [1.165, 1.54) is 11.3 Å². The number of nitrogen functional groups attached to an aromatic ring is 1. The Morgan fingerprint density at radius 1 is 1.33 bits per heavy atom. The van der Waals surface area contributed by atoms with Crippen LogP contribution in [0.5, 0.6) is 0 Å². The van der Waals surface area contributed by atoms with Crippen LogP contribution >= 0.6 is 22.9 Å². The van der Waals surface area contributed by atoms with Crippen LogP contribution in [-0.2, 0) is 0 Å². The zero-order chi connectivity index (χ0) is 12.5. The third-order valence-electron chi connectivity index (χ3n) is 2.24. The Balaban J connectivity index is 1.99. The van der Waals surface area contributed by atoms with E-state index in [2.05, 4.69) is 15.1 Å². The number of nitrogens with zero attached hydrogens (tertiary/aromatic N) is 3. The predicted molar refractivity (Wildman–Crippen MR) is 70.3 cm³/mol. The topological polar surface area (TPSA) is 77.8 Å². The molecule has 2 aromatic heterocycles. The highest BCUT2D eigenvalue weighted by atomic mass is 35.5. The van der Waals surface area contributed by atoms with Crippen molar-refractivity contribution in [1.29, 1.82) is 0 Å². The molecule has 0 amide bonds. The quantitative estimate of drug-likeness (QED) is 0.779. The van der Waals surface area contributed by atoms with Crippen molar-refractivity contribution in [3.05, 3.63) is 35.5 Å². The molecule has 2 N–H and O–H groups in total. The minimum atomic E-state index is 0.402. The van der Waals surface area contributed by atoms with Crippen LogP contribution in [0.2, 0.25) is 5.02 Å². The molecule has 18 heavy (non-hydrogen) atoms. The first kappa shape index (κ1) is 11.2. The van der Waals surface area contributed by atoms with Gasteiger partial charge in [-0.15, -0.1) is 0 Å². The lowest BCUT2D eigenvalue weighted by atomic mass is 10.2. The first-order valence-electron chi connectivity index (χ1n) is 5.04. The number of benzene rings is 1. The van der Waals surface area contributed by atoms with Gasteiger partial charge in [0.1, 0.15) is 4.88 Å². The Hall–Kier alpha value is -1.92. The molecule has 0 unspecified atom stereocenters. The van der Waals surface area contributed by atoms with Crippen molar-refractivity contribution in [1.82, 2.24) is 15.1 Å². The van der Waals surface area contributed by atoms with E-state index in [0.29, 0.717) is 21.9 Å². The van der Waals surface area contributed by atoms with Gasteiger partial charge in [0, 0.05) is 10.6 Å². The molecule has 3 rings (SSSR count). The van der Waals surface area contributed by atoms with Gasteiger partial charge in [-0.25, -0.2) is 4.98 Å². The van der Waals surface area contributed by atoms with Crippen LogP contribution < -0.4 is 5.73 Å². The van der Waals surface area contributed by atoms with E-state index in [-0.39, 0.29) is 0 Å². The molecule has 0 aliphatic rings. The summed E-state index contributed by atoms with van der Waals surface area (Å²) in [5, 5.41) is 5.00. The molecule has 2 heterocycles. The lowest BCUT2D eigenvalue weighted by Crippen LogP contribution is -1.80. The average molecular weight is 279 g/mol. The third-order valence-corrected chi connectivity index (χ3v) is 3.29. The maximum atomic E-state index is 5.91. The average Bonchev–Trinajstić information content (AvgIpc) is 2.97. The van der Waals surface area contributed by atoms with Crippen LogP contribution in [0.3, 0.4) is 0 Å². The summed E-state index contributed by atoms with van der Waals surface area (Å²) < 4.78 is 5.17. The van der Waals surface area contributed by atoms with Gasteiger partial charge in [0.05, 0.1) is 6.20 Å². The SMILES string of the molecule is Nc1ncc(-c2nc(-c3cccc(Cl)c3)no2)s1. The second-order valence-electron chi connectivity index (χ2n) is 3.50. The zero-order valence-corrected chi connectivity index (χ0v) is 10.6. The highest BCUT2D eigenvalue weighted by Gasteiger charge is 2.12. The van der Waals surface area contributed by atoms with Crippen LogP contribution in [0.25, 0.3) is 22.2 Å². The molecule has 3 aromatic rings. The fourth-order valence-electron chi connectivity index (χ4n) is 1.45. The molecule has 0 fully saturated rings. The van der Waals surface area contributed by atoms with Crippen molar-refractivity contribution in [2.45, 2.75) is 0 Å². The summed E-state index contributed by atoms with van der Waals surface area (Å²) in [5.41, 5.74) is 6.35. The van der Waals surface area contributed by atoms with Gasteiger partial charge in [-0.3, -0.25) is 0 Å². The highest BCUT2D eigenvalue weighted by molar-refractivity contribution is 7.18. The van der Waals surface area contributed by atoms with Crippen molar-refractivity contribution >= 4 is 28.1 Å². The van der Waals surface area contributed by atoms with Crippen LogP contribution in [0.1, 0.15) is 0 Å². The zero-order valence-electron chi connectivity index (χ0n) is 9.00. The molecule has 0 saturated heterocycles. The number of hydrogen-bond donors (Lipinski definition) is 1. The van der Waals surface area contributed by atoms with Gasteiger partial charge in [0.2, 0.25) is 5.82 Å². The lowest BCUT2D eigenvalue weighted by molar-refractivity contribution is 0.433. The molecule has 0 aliphatic heterocycles. The van der Waals surface area contributed by atoms with E-state index in [1.54, 1.807) is 18.3 Å². The van der Waals surface area contributed by atoms with Crippen LogP contribution in [0.4, 0.5) is 5.13 Å². The van der Waals surface area contributed by atoms with Crippen molar-refractivity contribution in [2.75, 3.05) is 5.73 Å². The number of nitrogens with two attached hydrogens (primary N) is 1. The second-order valence-corrected chi connectivity index (χ2v) is 4.99. The molecule has 90 valence electrons. The van der Waals surface area contributed by atoms with Crippen LogP contribution in [-0.4, -0.2) is 15.1 Å². The van der Waals surface area contributed by atoms with E-state index in [1.807, 2.05) is 12.1 Å². The molecule has 0 atom stereocenters. The van der Waals surface area contributed by atoms with Crippen molar-refractivity contribution in [3.63, 3.8) is 0 Å². The minimum Gasteiger partial charge on any atom is -0.375 e. The fourth-order valence-corrected chi connectivity index (χ4v) is 2.25. The molecular formula is C11H7ClN4OS. The summed E-state index contributed by atoms with van der Waals surface area (Å²) in [6, 6.07) is 7.26. The second kappa shape index (κ2) is 4.40. The molecule has 7 heteroatoms. The van der Waals surface area contributed by atoms with Crippen LogP contribution in [0.15, 0.2) is 35.0 Å². The number of anilines is 1. The molecule has 5 nitrogen and oxygen atoms in total. The summed E-state index contributed by atoms with van der Waals surface area (Å²) >= 11 is 7.21. The molecule has 0 saturated carbocycles. The molecule has 0 aliphatic carbocycles. The molecule has 1 aromatic carbocycles. The van der Waals surface area contributed by atoms with Crippen molar-refractivity contribution < 1.29 is 4.52 Å². The van der Waals surface area contributed by atoms with Gasteiger partial charge in [-0.1, -0.05) is 40.2 Å². The number of rotatable bonds is 2. The Bertz CT molecular complexity index is 694. The summed E-state index contributed by atoms with van der Waals surface area (Å²) in [6.07, 6.45) is 1.61. The van der Waals surface area contributed by atoms with Crippen molar-refractivity contribution in [2.24, 2.45) is 0 Å². The summed E-state index contributed by atoms with van der Waals surface area (Å²) in [7, 11) is 0. The van der Waals surface area contributed by atoms with E-state index in [4.69, 9.17) is 21.9 Å². The Morgan fingerprint density at radius 3 is 2.94 bits per heavy atom. The molecule has 0 bridgehead atoms. The maximum absolute atomic E-state index is 5.91. The highest BCUT2D eigenvalue weighted by Crippen LogP contribution is 2.28. The van der Waals surface area contributed by atoms with Crippen LogP contribution in [0, 0.1) is 0 Å². The summed E-state index contributed by atoms with van der Waals surface area (Å²) in [5.74, 6) is 0.888. The predicted octanol–water partition coefficient (Wildman–Crippen LogP) is 3.10. The van der Waals surface area contributed by atoms with E-state index in [9.17, 15) is 0 Å². The number of hydrogen-bond acceptors (Lipinski definition) is 6. The van der Waals surface area contributed by atoms with E-state index in [0.717, 1.165) is 10.4 Å². The maximum Gasteiger partial charge on any atom is 0.270 e. The van der Waals surface area contributed by atoms with Gasteiger partial charge in [0.25, 0.3) is 5.89 Å². The molecule has 0 spiro atoms. The number of thiazole rings is 1. The molecule has 0 radical (unpaired) electrons. The molecular weight excluding hydrogens is 272 g/mol. The fraction of sp³-hybridized carbons (Fsp3) is 0. The van der Waals surface area contributed by atoms with Crippen molar-refractivity contribution in [3.8, 4) is 22.2 Å². The monoisotopic (exact) mass is 278 g/mol. The Kier molecular flexibility index (Phi) is 2.73. The van der Waals surface area contributed by atoms with Gasteiger partial charge >= 0.3 is 0 Å². The van der Waals surface area contributed by atoms with Gasteiger partial charge in [-0.05, 0) is 12.1 Å². The minimum absolute atomic E-state index is 0.402. The lowest BCUT2D eigenvalue weighted by Gasteiger charge is -1.93. The van der Waals surface area contributed by atoms with Gasteiger partial charge < -0.3 is 10.3 Å². The first-order valence-corrected chi connectivity index (χ1v) is 6.23. The first-order chi connectivity index (χ1) is 8.72. The normalized spacial score (nSPS) is 10.7.